The molecule has 2 rings (SSSR count). The summed E-state index contributed by atoms with van der Waals surface area (Å²) in [7, 11) is 0. The third-order valence-corrected chi connectivity index (χ3v) is 4.25. The Morgan fingerprint density at radius 2 is 2.00 bits per heavy atom. The van der Waals surface area contributed by atoms with Gasteiger partial charge in [-0.1, -0.05) is 24.5 Å². The second kappa shape index (κ2) is 6.37. The van der Waals surface area contributed by atoms with E-state index in [4.69, 9.17) is 0 Å². The molecule has 0 spiro atoms. The molecule has 1 aliphatic carbocycles. The van der Waals surface area contributed by atoms with Crippen LogP contribution in [0.5, 0.6) is 0 Å². The van der Waals surface area contributed by atoms with Crippen molar-refractivity contribution < 1.29 is 4.79 Å². The summed E-state index contributed by atoms with van der Waals surface area (Å²) in [6, 6.07) is 0.626. The molecule has 0 bridgehead atoms. The lowest BCUT2D eigenvalue weighted by Crippen LogP contribution is -2.54. The van der Waals surface area contributed by atoms with Crippen LogP contribution in [0.15, 0.2) is 11.6 Å². The Kier molecular flexibility index (Phi) is 4.81. The van der Waals surface area contributed by atoms with Gasteiger partial charge in [0.2, 0.25) is 5.91 Å². The van der Waals surface area contributed by atoms with Crippen molar-refractivity contribution >= 4 is 5.91 Å². The molecule has 0 aromatic heterocycles. The van der Waals surface area contributed by atoms with E-state index in [0.29, 0.717) is 12.6 Å². The molecular weight excluding hydrogens is 224 g/mol. The zero-order valence-electron chi connectivity index (χ0n) is 11.7. The predicted molar refractivity (Wildman–Crippen MR) is 74.3 cm³/mol. The van der Waals surface area contributed by atoms with Crippen LogP contribution in [-0.4, -0.2) is 24.5 Å². The Bertz CT molecular complexity index is 320. The number of nitrogens with one attached hydrogen (secondary N) is 2. The second-order valence-electron chi connectivity index (χ2n) is 5.97. The van der Waals surface area contributed by atoms with Crippen LogP contribution in [-0.2, 0) is 4.79 Å². The summed E-state index contributed by atoms with van der Waals surface area (Å²) in [6.45, 7) is 4.77. The minimum atomic E-state index is 0.0370. The van der Waals surface area contributed by atoms with Crippen LogP contribution in [0, 0.1) is 5.92 Å². The zero-order valence-corrected chi connectivity index (χ0v) is 11.7. The van der Waals surface area contributed by atoms with Gasteiger partial charge in [-0.05, 0) is 45.4 Å². The number of hydrogen-bond donors (Lipinski definition) is 2. The van der Waals surface area contributed by atoms with Gasteiger partial charge in [0.25, 0.3) is 0 Å². The first-order chi connectivity index (χ1) is 8.66. The van der Waals surface area contributed by atoms with E-state index in [0.717, 1.165) is 12.3 Å². The fourth-order valence-corrected chi connectivity index (χ4v) is 3.18. The molecule has 102 valence electrons. The van der Waals surface area contributed by atoms with Crippen molar-refractivity contribution in [3.63, 3.8) is 0 Å². The van der Waals surface area contributed by atoms with E-state index in [-0.39, 0.29) is 11.9 Å². The third-order valence-electron chi connectivity index (χ3n) is 4.25. The molecule has 2 fully saturated rings. The standard InChI is InChI=1S/C15H26N2O/c1-11(2)9-10-16-15(18)14-8-7-12-5-3-4-6-13(12)17-14/h9,12-14,17H,3-8,10H2,1-2H3,(H,16,18). The minimum absolute atomic E-state index is 0.0370. The van der Waals surface area contributed by atoms with Crippen molar-refractivity contribution in [2.45, 2.75) is 64.5 Å². The van der Waals surface area contributed by atoms with Crippen LogP contribution >= 0.6 is 0 Å². The molecule has 3 unspecified atom stereocenters. The first-order valence-corrected chi connectivity index (χ1v) is 7.34. The molecule has 3 heteroatoms. The van der Waals surface area contributed by atoms with Gasteiger partial charge in [0.1, 0.15) is 0 Å². The molecule has 0 aromatic carbocycles. The number of carbonyl (C=O) groups excluding carboxylic acids is 1. The van der Waals surface area contributed by atoms with Crippen molar-refractivity contribution in [2.75, 3.05) is 6.54 Å². The molecule has 18 heavy (non-hydrogen) atoms. The highest BCUT2D eigenvalue weighted by Gasteiger charge is 2.34. The van der Waals surface area contributed by atoms with Gasteiger partial charge in [0.05, 0.1) is 6.04 Å². The van der Waals surface area contributed by atoms with Gasteiger partial charge in [-0.15, -0.1) is 0 Å². The fourth-order valence-electron chi connectivity index (χ4n) is 3.18. The lowest BCUT2D eigenvalue weighted by Gasteiger charge is -2.39. The number of piperidine rings is 1. The van der Waals surface area contributed by atoms with E-state index in [9.17, 15) is 4.79 Å². The second-order valence-corrected chi connectivity index (χ2v) is 5.97. The Morgan fingerprint density at radius 1 is 1.22 bits per heavy atom. The molecule has 0 radical (unpaired) electrons. The van der Waals surface area contributed by atoms with Crippen molar-refractivity contribution in [3.05, 3.63) is 11.6 Å². The van der Waals surface area contributed by atoms with E-state index in [2.05, 4.69) is 30.6 Å². The van der Waals surface area contributed by atoms with Crippen LogP contribution in [0.1, 0.15) is 52.4 Å². The SMILES string of the molecule is CC(C)=CCNC(=O)C1CCC2CCCCC2N1. The molecule has 1 aliphatic heterocycles. The highest BCUT2D eigenvalue weighted by Crippen LogP contribution is 2.32. The van der Waals surface area contributed by atoms with Crippen LogP contribution in [0.3, 0.4) is 0 Å². The van der Waals surface area contributed by atoms with Crippen molar-refractivity contribution in [3.8, 4) is 0 Å². The summed E-state index contributed by atoms with van der Waals surface area (Å²) in [5.41, 5.74) is 1.25. The Hall–Kier alpha value is -0.830. The lowest BCUT2D eigenvalue weighted by atomic mass is 9.77. The third kappa shape index (κ3) is 3.58. The molecule has 3 atom stereocenters. The van der Waals surface area contributed by atoms with E-state index < -0.39 is 0 Å². The molecule has 3 nitrogen and oxygen atoms in total. The molecule has 1 amide bonds. The van der Waals surface area contributed by atoms with E-state index in [1.165, 1.54) is 37.7 Å². The molecule has 2 N–H and O–H groups in total. The maximum Gasteiger partial charge on any atom is 0.237 e. The van der Waals surface area contributed by atoms with Gasteiger partial charge >= 0.3 is 0 Å². The molecule has 0 aromatic rings. The van der Waals surface area contributed by atoms with Gasteiger partial charge in [0, 0.05) is 12.6 Å². The molecular formula is C15H26N2O. The van der Waals surface area contributed by atoms with Crippen LogP contribution in [0.25, 0.3) is 0 Å². The lowest BCUT2D eigenvalue weighted by molar-refractivity contribution is -0.124. The maximum absolute atomic E-state index is 12.1. The van der Waals surface area contributed by atoms with Crippen molar-refractivity contribution in [2.24, 2.45) is 5.92 Å². The van der Waals surface area contributed by atoms with Crippen molar-refractivity contribution in [1.82, 2.24) is 10.6 Å². The minimum Gasteiger partial charge on any atom is -0.351 e. The van der Waals surface area contributed by atoms with Crippen molar-refractivity contribution in [1.29, 1.82) is 0 Å². The first kappa shape index (κ1) is 13.6. The maximum atomic E-state index is 12.1. The Labute approximate surface area is 110 Å². The van der Waals surface area contributed by atoms with Crippen LogP contribution in [0.2, 0.25) is 0 Å². The van der Waals surface area contributed by atoms with E-state index >= 15 is 0 Å². The van der Waals surface area contributed by atoms with Gasteiger partial charge in [-0.3, -0.25) is 4.79 Å². The number of fused-ring (bicyclic) bond motifs is 1. The summed E-state index contributed by atoms with van der Waals surface area (Å²) < 4.78 is 0. The highest BCUT2D eigenvalue weighted by molar-refractivity contribution is 5.82. The number of allylic oxidation sites excluding steroid dienone is 1. The average molecular weight is 250 g/mol. The quantitative estimate of drug-likeness (QED) is 0.755. The summed E-state index contributed by atoms with van der Waals surface area (Å²) in [5.74, 6) is 0.997. The topological polar surface area (TPSA) is 41.1 Å². The number of rotatable bonds is 3. The van der Waals surface area contributed by atoms with E-state index in [1.807, 2.05) is 0 Å². The molecule has 1 saturated carbocycles. The van der Waals surface area contributed by atoms with Gasteiger partial charge in [0.15, 0.2) is 0 Å². The molecule has 1 heterocycles. The average Bonchev–Trinajstić information content (AvgIpc) is 2.37. The largest absolute Gasteiger partial charge is 0.351 e. The van der Waals surface area contributed by atoms with Gasteiger partial charge in [-0.25, -0.2) is 0 Å². The predicted octanol–water partition coefficient (Wildman–Crippen LogP) is 2.38. The highest BCUT2D eigenvalue weighted by atomic mass is 16.2. The monoisotopic (exact) mass is 250 g/mol. The number of hydrogen-bond acceptors (Lipinski definition) is 2. The van der Waals surface area contributed by atoms with Crippen LogP contribution in [0.4, 0.5) is 0 Å². The molecule has 2 aliphatic rings. The Morgan fingerprint density at radius 3 is 2.78 bits per heavy atom. The van der Waals surface area contributed by atoms with Crippen LogP contribution < -0.4 is 10.6 Å². The smallest absolute Gasteiger partial charge is 0.237 e. The zero-order chi connectivity index (χ0) is 13.0. The summed E-state index contributed by atoms with van der Waals surface area (Å²) >= 11 is 0. The summed E-state index contributed by atoms with van der Waals surface area (Å²) in [5, 5.41) is 6.56. The number of amides is 1. The number of carbonyl (C=O) groups is 1. The Balaban J connectivity index is 1.79. The van der Waals surface area contributed by atoms with Gasteiger partial charge in [-0.2, -0.15) is 0 Å². The molecule has 1 saturated heterocycles. The first-order valence-electron chi connectivity index (χ1n) is 7.34. The normalized spacial score (nSPS) is 31.3. The summed E-state index contributed by atoms with van der Waals surface area (Å²) in [4.78, 5) is 12.1. The van der Waals surface area contributed by atoms with Gasteiger partial charge < -0.3 is 10.6 Å². The van der Waals surface area contributed by atoms with E-state index in [1.54, 1.807) is 0 Å². The fraction of sp³-hybridized carbons (Fsp3) is 0.800. The summed E-state index contributed by atoms with van der Waals surface area (Å²) in [6.07, 6.45) is 9.58.